The molecule has 0 unspecified atom stereocenters. The van der Waals surface area contributed by atoms with Gasteiger partial charge in [-0.3, -0.25) is 4.98 Å². The van der Waals surface area contributed by atoms with Gasteiger partial charge in [-0.25, -0.2) is 4.68 Å². The lowest BCUT2D eigenvalue weighted by Gasteiger charge is -2.27. The van der Waals surface area contributed by atoms with Gasteiger partial charge in [-0.05, 0) is 45.1 Å². The molecule has 0 saturated carbocycles. The van der Waals surface area contributed by atoms with Crippen molar-refractivity contribution in [2.45, 2.75) is 31.7 Å². The molecule has 10 heteroatoms. The number of aromatic nitrogens is 6. The van der Waals surface area contributed by atoms with Gasteiger partial charge in [0, 0.05) is 18.3 Å². The molecule has 0 N–H and O–H groups in total. The second-order valence-corrected chi connectivity index (χ2v) is 6.70. The monoisotopic (exact) mass is 375 g/mol. The highest BCUT2D eigenvalue weighted by molar-refractivity contribution is 5.50. The van der Waals surface area contributed by atoms with Crippen LogP contribution in [0.4, 0.5) is 8.78 Å². The zero-order valence-electron chi connectivity index (χ0n) is 14.8. The van der Waals surface area contributed by atoms with Gasteiger partial charge in [0.15, 0.2) is 0 Å². The number of halogens is 2. The van der Waals surface area contributed by atoms with E-state index in [1.807, 2.05) is 6.20 Å². The summed E-state index contributed by atoms with van der Waals surface area (Å²) in [7, 11) is 2.13. The maximum absolute atomic E-state index is 12.5. The van der Waals surface area contributed by atoms with Gasteiger partial charge >= 0.3 is 6.43 Å². The molecule has 0 amide bonds. The first kappa shape index (κ1) is 17.7. The molecule has 1 aliphatic rings. The van der Waals surface area contributed by atoms with Crippen molar-refractivity contribution in [3.8, 4) is 11.5 Å². The fourth-order valence-corrected chi connectivity index (χ4v) is 3.13. The van der Waals surface area contributed by atoms with E-state index in [2.05, 4.69) is 37.4 Å². The molecule has 3 aromatic rings. The smallest absolute Gasteiger partial charge is 0.314 e. The maximum Gasteiger partial charge on any atom is 0.314 e. The lowest BCUT2D eigenvalue weighted by atomic mass is 9.94. The van der Waals surface area contributed by atoms with Crippen LogP contribution in [-0.2, 0) is 6.54 Å². The highest BCUT2D eigenvalue weighted by Gasteiger charge is 2.21. The Hall–Kier alpha value is -2.75. The van der Waals surface area contributed by atoms with E-state index < -0.39 is 12.3 Å². The van der Waals surface area contributed by atoms with Crippen LogP contribution >= 0.6 is 0 Å². The SMILES string of the molecule is CN1CCC(c2cn(Cc3ccc(-c4nnc(C(F)F)o4)cn3)nn2)CC1. The molecule has 8 nitrogen and oxygen atoms in total. The molecule has 4 rings (SSSR count). The van der Waals surface area contributed by atoms with Crippen LogP contribution in [-0.4, -0.2) is 55.2 Å². The summed E-state index contributed by atoms with van der Waals surface area (Å²) in [5.74, 6) is -0.223. The Morgan fingerprint density at radius 1 is 1.19 bits per heavy atom. The molecule has 4 heterocycles. The Balaban J connectivity index is 1.41. The van der Waals surface area contributed by atoms with E-state index in [1.165, 1.54) is 6.20 Å². The first-order chi connectivity index (χ1) is 13.1. The lowest BCUT2D eigenvalue weighted by Crippen LogP contribution is -2.29. The first-order valence-electron chi connectivity index (χ1n) is 8.74. The van der Waals surface area contributed by atoms with Gasteiger partial charge in [-0.1, -0.05) is 5.21 Å². The van der Waals surface area contributed by atoms with Crippen molar-refractivity contribution in [2.75, 3.05) is 20.1 Å². The number of nitrogens with zero attached hydrogens (tertiary/aromatic N) is 7. The highest BCUT2D eigenvalue weighted by atomic mass is 19.3. The van der Waals surface area contributed by atoms with Crippen molar-refractivity contribution >= 4 is 0 Å². The lowest BCUT2D eigenvalue weighted by molar-refractivity contribution is 0.116. The van der Waals surface area contributed by atoms with Gasteiger partial charge in [0.2, 0.25) is 5.89 Å². The maximum atomic E-state index is 12.5. The molecular weight excluding hydrogens is 356 g/mol. The summed E-state index contributed by atoms with van der Waals surface area (Å²) >= 11 is 0. The highest BCUT2D eigenvalue weighted by Crippen LogP contribution is 2.26. The quantitative estimate of drug-likeness (QED) is 0.677. The summed E-state index contributed by atoms with van der Waals surface area (Å²) in [6.07, 6.45) is 2.88. The number of pyridine rings is 1. The molecular formula is C17H19F2N7O. The molecule has 142 valence electrons. The molecule has 1 aliphatic heterocycles. The second-order valence-electron chi connectivity index (χ2n) is 6.70. The second kappa shape index (κ2) is 7.47. The van der Waals surface area contributed by atoms with Gasteiger partial charge in [0.25, 0.3) is 5.89 Å². The van der Waals surface area contributed by atoms with Gasteiger partial charge < -0.3 is 9.32 Å². The molecule has 0 atom stereocenters. The zero-order valence-corrected chi connectivity index (χ0v) is 14.8. The van der Waals surface area contributed by atoms with Crippen molar-refractivity contribution < 1.29 is 13.2 Å². The topological polar surface area (TPSA) is 85.8 Å². The average molecular weight is 375 g/mol. The van der Waals surface area contributed by atoms with Crippen LogP contribution in [0.25, 0.3) is 11.5 Å². The summed E-state index contributed by atoms with van der Waals surface area (Å²) in [6.45, 7) is 2.62. The Morgan fingerprint density at radius 3 is 2.67 bits per heavy atom. The van der Waals surface area contributed by atoms with E-state index in [9.17, 15) is 8.78 Å². The third-order valence-electron chi connectivity index (χ3n) is 4.72. The molecule has 0 aliphatic carbocycles. The fourth-order valence-electron chi connectivity index (χ4n) is 3.13. The Morgan fingerprint density at radius 2 is 2.00 bits per heavy atom. The Labute approximate surface area is 154 Å². The predicted octanol–water partition coefficient (Wildman–Crippen LogP) is 2.52. The van der Waals surface area contributed by atoms with Crippen LogP contribution in [0.5, 0.6) is 0 Å². The summed E-state index contributed by atoms with van der Waals surface area (Å²) in [6, 6.07) is 3.48. The van der Waals surface area contributed by atoms with E-state index in [-0.39, 0.29) is 5.89 Å². The number of hydrogen-bond donors (Lipinski definition) is 0. The largest absolute Gasteiger partial charge is 0.415 e. The van der Waals surface area contributed by atoms with Crippen LogP contribution in [0.15, 0.2) is 28.9 Å². The molecule has 0 spiro atoms. The molecule has 27 heavy (non-hydrogen) atoms. The van der Waals surface area contributed by atoms with Crippen LogP contribution < -0.4 is 0 Å². The number of alkyl halides is 2. The Kier molecular flexibility index (Phi) is 4.88. The van der Waals surface area contributed by atoms with Crippen molar-refractivity contribution in [2.24, 2.45) is 0 Å². The summed E-state index contributed by atoms with van der Waals surface area (Å²) in [4.78, 5) is 6.65. The van der Waals surface area contributed by atoms with Crippen LogP contribution in [0.1, 0.15) is 42.5 Å². The van der Waals surface area contributed by atoms with Crippen LogP contribution in [0, 0.1) is 0 Å². The fraction of sp³-hybridized carbons (Fsp3) is 0.471. The number of piperidine rings is 1. The average Bonchev–Trinajstić information content (AvgIpc) is 3.33. The number of hydrogen-bond acceptors (Lipinski definition) is 7. The summed E-state index contributed by atoms with van der Waals surface area (Å²) < 4.78 is 31.7. The minimum absolute atomic E-state index is 0.0228. The number of rotatable bonds is 5. The van der Waals surface area contributed by atoms with Crippen molar-refractivity contribution in [3.05, 3.63) is 41.8 Å². The van der Waals surface area contributed by atoms with Crippen LogP contribution in [0.2, 0.25) is 0 Å². The standard InChI is InChI=1S/C17H19F2N7O/c1-25-6-4-11(5-7-25)14-10-26(24-21-14)9-13-3-2-12(8-20-13)16-22-23-17(27-16)15(18)19/h2-3,8,10-11,15H,4-7,9H2,1H3. The van der Waals surface area contributed by atoms with E-state index >= 15 is 0 Å². The minimum atomic E-state index is -2.79. The summed E-state index contributed by atoms with van der Waals surface area (Å²) in [5.41, 5.74) is 2.28. The van der Waals surface area contributed by atoms with Crippen molar-refractivity contribution in [3.63, 3.8) is 0 Å². The van der Waals surface area contributed by atoms with Gasteiger partial charge in [-0.15, -0.1) is 15.3 Å². The summed E-state index contributed by atoms with van der Waals surface area (Å²) in [5, 5.41) is 15.4. The molecule has 1 saturated heterocycles. The van der Waals surface area contributed by atoms with E-state index in [1.54, 1.807) is 16.8 Å². The van der Waals surface area contributed by atoms with E-state index in [4.69, 9.17) is 4.42 Å². The number of likely N-dealkylation sites (tertiary alicyclic amines) is 1. The third-order valence-corrected chi connectivity index (χ3v) is 4.72. The molecule has 0 aromatic carbocycles. The van der Waals surface area contributed by atoms with E-state index in [0.717, 1.165) is 37.3 Å². The van der Waals surface area contributed by atoms with E-state index in [0.29, 0.717) is 18.0 Å². The minimum Gasteiger partial charge on any atom is -0.415 e. The molecule has 0 bridgehead atoms. The molecule has 3 aromatic heterocycles. The normalized spacial score (nSPS) is 16.3. The molecule has 1 fully saturated rings. The van der Waals surface area contributed by atoms with Crippen molar-refractivity contribution in [1.29, 1.82) is 0 Å². The van der Waals surface area contributed by atoms with Crippen molar-refractivity contribution in [1.82, 2.24) is 35.1 Å². The van der Waals surface area contributed by atoms with Gasteiger partial charge in [-0.2, -0.15) is 8.78 Å². The predicted molar refractivity (Wildman–Crippen MR) is 91.1 cm³/mol. The third kappa shape index (κ3) is 4.00. The molecule has 0 radical (unpaired) electrons. The Bertz CT molecular complexity index is 885. The van der Waals surface area contributed by atoms with Gasteiger partial charge in [0.05, 0.1) is 23.5 Å². The van der Waals surface area contributed by atoms with Crippen LogP contribution in [0.3, 0.4) is 0 Å². The van der Waals surface area contributed by atoms with Gasteiger partial charge in [0.1, 0.15) is 0 Å². The first-order valence-corrected chi connectivity index (χ1v) is 8.74. The zero-order chi connectivity index (χ0) is 18.8.